The summed E-state index contributed by atoms with van der Waals surface area (Å²) in [4.78, 5) is 7.13. The number of hydrogen-bond acceptors (Lipinski definition) is 4. The van der Waals surface area contributed by atoms with E-state index in [1.54, 1.807) is 13.2 Å². The van der Waals surface area contributed by atoms with Gasteiger partial charge in [-0.3, -0.25) is 4.99 Å². The van der Waals surface area contributed by atoms with Crippen LogP contribution in [0.3, 0.4) is 0 Å². The number of rotatable bonds is 7. The van der Waals surface area contributed by atoms with Crippen LogP contribution in [0.25, 0.3) is 0 Å². The molecule has 1 aliphatic heterocycles. The number of aliphatic imine (C=N–C) groups is 1. The molecule has 28 heavy (non-hydrogen) atoms. The van der Waals surface area contributed by atoms with Crippen molar-refractivity contribution in [2.45, 2.75) is 25.8 Å². The van der Waals surface area contributed by atoms with Gasteiger partial charge in [0, 0.05) is 37.9 Å². The minimum absolute atomic E-state index is 0.161. The van der Waals surface area contributed by atoms with E-state index in [0.717, 1.165) is 44.0 Å². The molecule has 0 amide bonds. The fourth-order valence-electron chi connectivity index (χ4n) is 3.44. The van der Waals surface area contributed by atoms with Gasteiger partial charge in [-0.1, -0.05) is 24.3 Å². The zero-order valence-electron chi connectivity index (χ0n) is 16.7. The topological polar surface area (TPSA) is 69.1 Å². The highest BCUT2D eigenvalue weighted by Gasteiger charge is 2.23. The minimum atomic E-state index is 0.161. The standard InChI is InChI=1S/C22H30N4O2/c1-3-23-22(24-13-11-17-9-10-20(27)21(15-17)28-2)25-18-12-14-26(16-18)19-7-5-4-6-8-19/h4-10,15,18,27H,3,11-14,16H2,1-2H3,(H2,23,24,25). The average Bonchev–Trinajstić information content (AvgIpc) is 3.18. The number of hydrogen-bond donors (Lipinski definition) is 3. The van der Waals surface area contributed by atoms with Gasteiger partial charge in [-0.15, -0.1) is 0 Å². The van der Waals surface area contributed by atoms with Crippen LogP contribution in [0.2, 0.25) is 0 Å². The largest absolute Gasteiger partial charge is 0.504 e. The summed E-state index contributed by atoms with van der Waals surface area (Å²) in [6.45, 7) is 5.59. The van der Waals surface area contributed by atoms with Crippen molar-refractivity contribution in [1.82, 2.24) is 10.6 Å². The van der Waals surface area contributed by atoms with Gasteiger partial charge in [0.2, 0.25) is 0 Å². The molecule has 1 heterocycles. The van der Waals surface area contributed by atoms with E-state index in [1.807, 2.05) is 12.1 Å². The number of anilines is 1. The predicted octanol–water partition coefficient (Wildman–Crippen LogP) is 2.78. The van der Waals surface area contributed by atoms with Gasteiger partial charge >= 0.3 is 0 Å². The van der Waals surface area contributed by atoms with E-state index in [-0.39, 0.29) is 5.75 Å². The van der Waals surface area contributed by atoms with Crippen molar-refractivity contribution in [3.05, 3.63) is 54.1 Å². The molecule has 0 spiro atoms. The van der Waals surface area contributed by atoms with Gasteiger partial charge < -0.3 is 25.4 Å². The smallest absolute Gasteiger partial charge is 0.191 e. The van der Waals surface area contributed by atoms with Gasteiger partial charge in [0.15, 0.2) is 17.5 Å². The lowest BCUT2D eigenvalue weighted by Gasteiger charge is -2.20. The third-order valence-corrected chi connectivity index (χ3v) is 4.91. The number of para-hydroxylation sites is 1. The summed E-state index contributed by atoms with van der Waals surface area (Å²) in [5.41, 5.74) is 2.36. The van der Waals surface area contributed by atoms with Crippen molar-refractivity contribution in [3.63, 3.8) is 0 Å². The van der Waals surface area contributed by atoms with Crippen molar-refractivity contribution >= 4 is 11.6 Å². The summed E-state index contributed by atoms with van der Waals surface area (Å²) in [6.07, 6.45) is 1.88. The Labute approximate surface area is 167 Å². The number of nitrogens with one attached hydrogen (secondary N) is 2. The number of nitrogens with zero attached hydrogens (tertiary/aromatic N) is 2. The maximum absolute atomic E-state index is 9.71. The number of methoxy groups -OCH3 is 1. The molecule has 0 radical (unpaired) electrons. The number of benzene rings is 2. The average molecular weight is 383 g/mol. The molecule has 6 heteroatoms. The maximum Gasteiger partial charge on any atom is 0.191 e. The molecule has 150 valence electrons. The number of guanidine groups is 1. The van der Waals surface area contributed by atoms with Gasteiger partial charge in [-0.25, -0.2) is 0 Å². The molecular weight excluding hydrogens is 352 g/mol. The van der Waals surface area contributed by atoms with E-state index in [0.29, 0.717) is 18.3 Å². The van der Waals surface area contributed by atoms with Gasteiger partial charge in [0.1, 0.15) is 0 Å². The van der Waals surface area contributed by atoms with E-state index < -0.39 is 0 Å². The van der Waals surface area contributed by atoms with Crippen LogP contribution in [-0.2, 0) is 6.42 Å². The highest BCUT2D eigenvalue weighted by molar-refractivity contribution is 5.80. The summed E-state index contributed by atoms with van der Waals surface area (Å²) < 4.78 is 5.17. The second-order valence-corrected chi connectivity index (χ2v) is 6.93. The Balaban J connectivity index is 1.54. The SMILES string of the molecule is CCNC(=NCCc1ccc(O)c(OC)c1)NC1CCN(c2ccccc2)C1. The van der Waals surface area contributed by atoms with Gasteiger partial charge in [0.05, 0.1) is 7.11 Å². The summed E-state index contributed by atoms with van der Waals surface area (Å²) in [7, 11) is 1.56. The number of aromatic hydroxyl groups is 1. The number of ether oxygens (including phenoxy) is 1. The fraction of sp³-hybridized carbons (Fsp3) is 0.409. The van der Waals surface area contributed by atoms with Crippen LogP contribution >= 0.6 is 0 Å². The van der Waals surface area contributed by atoms with Crippen LogP contribution in [0.1, 0.15) is 18.9 Å². The Kier molecular flexibility index (Phi) is 7.00. The Morgan fingerprint density at radius 1 is 1.25 bits per heavy atom. The van der Waals surface area contributed by atoms with Gasteiger partial charge in [-0.05, 0) is 49.6 Å². The lowest BCUT2D eigenvalue weighted by molar-refractivity contribution is 0.373. The molecule has 6 nitrogen and oxygen atoms in total. The Hall–Kier alpha value is -2.89. The minimum Gasteiger partial charge on any atom is -0.504 e. The van der Waals surface area contributed by atoms with Crippen LogP contribution in [0.15, 0.2) is 53.5 Å². The van der Waals surface area contributed by atoms with E-state index in [1.165, 1.54) is 5.69 Å². The lowest BCUT2D eigenvalue weighted by atomic mass is 10.1. The second kappa shape index (κ2) is 9.88. The second-order valence-electron chi connectivity index (χ2n) is 6.93. The summed E-state index contributed by atoms with van der Waals surface area (Å²) in [5, 5.41) is 16.6. The Morgan fingerprint density at radius 3 is 2.82 bits per heavy atom. The molecule has 1 fully saturated rings. The predicted molar refractivity (Wildman–Crippen MR) is 115 cm³/mol. The Bertz CT molecular complexity index is 779. The van der Waals surface area contributed by atoms with Crippen LogP contribution < -0.4 is 20.3 Å². The third-order valence-electron chi connectivity index (χ3n) is 4.91. The molecule has 2 aromatic rings. The van der Waals surface area contributed by atoms with Crippen LogP contribution in [-0.4, -0.2) is 50.4 Å². The molecule has 2 aromatic carbocycles. The van der Waals surface area contributed by atoms with Gasteiger partial charge in [-0.2, -0.15) is 0 Å². The monoisotopic (exact) mass is 382 g/mol. The highest BCUT2D eigenvalue weighted by Crippen LogP contribution is 2.26. The first kappa shape index (κ1) is 19.9. The molecule has 0 aromatic heterocycles. The molecule has 1 unspecified atom stereocenters. The number of phenols is 1. The van der Waals surface area contributed by atoms with Crippen molar-refractivity contribution in [1.29, 1.82) is 0 Å². The van der Waals surface area contributed by atoms with Crippen LogP contribution in [0.5, 0.6) is 11.5 Å². The van der Waals surface area contributed by atoms with Crippen LogP contribution in [0, 0.1) is 0 Å². The van der Waals surface area contributed by atoms with Gasteiger partial charge in [0.25, 0.3) is 0 Å². The van der Waals surface area contributed by atoms with Crippen LogP contribution in [0.4, 0.5) is 5.69 Å². The molecular formula is C22H30N4O2. The quantitative estimate of drug-likeness (QED) is 0.507. The molecule has 0 bridgehead atoms. The lowest BCUT2D eigenvalue weighted by Crippen LogP contribution is -2.44. The molecule has 0 saturated carbocycles. The first-order valence-corrected chi connectivity index (χ1v) is 9.90. The fourth-order valence-corrected chi connectivity index (χ4v) is 3.44. The zero-order valence-corrected chi connectivity index (χ0v) is 16.7. The maximum atomic E-state index is 9.71. The third kappa shape index (κ3) is 5.31. The molecule has 3 N–H and O–H groups in total. The molecule has 3 rings (SSSR count). The molecule has 1 aliphatic rings. The summed E-state index contributed by atoms with van der Waals surface area (Å²) in [5.74, 6) is 1.51. The van der Waals surface area contributed by atoms with Crippen molar-refractivity contribution in [2.24, 2.45) is 4.99 Å². The molecule has 1 saturated heterocycles. The zero-order chi connectivity index (χ0) is 19.8. The van der Waals surface area contributed by atoms with E-state index >= 15 is 0 Å². The normalized spacial score (nSPS) is 16.9. The first-order chi connectivity index (χ1) is 13.7. The first-order valence-electron chi connectivity index (χ1n) is 9.90. The molecule has 1 atom stereocenters. The van der Waals surface area contributed by atoms with Crippen molar-refractivity contribution < 1.29 is 9.84 Å². The molecule has 0 aliphatic carbocycles. The summed E-state index contributed by atoms with van der Waals surface area (Å²) >= 11 is 0. The summed E-state index contributed by atoms with van der Waals surface area (Å²) in [6, 6.07) is 16.3. The highest BCUT2D eigenvalue weighted by atomic mass is 16.5. The van der Waals surface area contributed by atoms with Crippen molar-refractivity contribution in [2.75, 3.05) is 38.2 Å². The van der Waals surface area contributed by atoms with E-state index in [2.05, 4.69) is 52.8 Å². The van der Waals surface area contributed by atoms with E-state index in [9.17, 15) is 5.11 Å². The Morgan fingerprint density at radius 2 is 2.07 bits per heavy atom. The van der Waals surface area contributed by atoms with E-state index in [4.69, 9.17) is 9.73 Å². The number of phenolic OH excluding ortho intramolecular Hbond substituents is 1. The van der Waals surface area contributed by atoms with Crippen molar-refractivity contribution in [3.8, 4) is 11.5 Å².